The molecule has 1 aromatic rings. The minimum atomic E-state index is -0.232. The maximum absolute atomic E-state index is 12.4. The van der Waals surface area contributed by atoms with Gasteiger partial charge in [0.15, 0.2) is 0 Å². The van der Waals surface area contributed by atoms with Crippen LogP contribution in [0, 0.1) is 0 Å². The fraction of sp³-hybridized carbons (Fsp3) is 0.533. The third kappa shape index (κ3) is 4.01. The molecule has 21 heavy (non-hydrogen) atoms. The van der Waals surface area contributed by atoms with E-state index in [1.54, 1.807) is 12.1 Å². The number of aromatic nitrogens is 1. The summed E-state index contributed by atoms with van der Waals surface area (Å²) in [6.07, 6.45) is 2.38. The van der Waals surface area contributed by atoms with Gasteiger partial charge in [0.1, 0.15) is 5.69 Å². The van der Waals surface area contributed by atoms with E-state index >= 15 is 0 Å². The zero-order valence-corrected chi connectivity index (χ0v) is 12.6. The fourth-order valence-corrected chi connectivity index (χ4v) is 2.21. The summed E-state index contributed by atoms with van der Waals surface area (Å²) in [4.78, 5) is 32.4. The molecule has 1 aromatic heterocycles. The van der Waals surface area contributed by atoms with Crippen LogP contribution in [-0.4, -0.2) is 66.4 Å². The molecule has 6 heteroatoms. The molecule has 6 nitrogen and oxygen atoms in total. The Labute approximate surface area is 125 Å². The summed E-state index contributed by atoms with van der Waals surface area (Å²) < 4.78 is 0. The van der Waals surface area contributed by atoms with Crippen molar-refractivity contribution in [3.05, 3.63) is 29.6 Å². The van der Waals surface area contributed by atoms with Crippen LogP contribution in [-0.2, 0) is 0 Å². The van der Waals surface area contributed by atoms with Gasteiger partial charge in [-0.1, -0.05) is 6.92 Å². The quantitative estimate of drug-likeness (QED) is 0.882. The molecule has 0 radical (unpaired) electrons. The minimum Gasteiger partial charge on any atom is -0.351 e. The Morgan fingerprint density at radius 3 is 2.67 bits per heavy atom. The molecule has 1 aliphatic heterocycles. The molecular formula is C15H22N4O2. The van der Waals surface area contributed by atoms with Gasteiger partial charge in [0, 0.05) is 44.5 Å². The smallest absolute Gasteiger partial charge is 0.269 e. The molecule has 2 amide bonds. The van der Waals surface area contributed by atoms with Crippen molar-refractivity contribution in [1.29, 1.82) is 0 Å². The Kier molecular flexibility index (Phi) is 5.27. The first-order valence-electron chi connectivity index (χ1n) is 7.34. The van der Waals surface area contributed by atoms with Gasteiger partial charge in [0.2, 0.25) is 0 Å². The van der Waals surface area contributed by atoms with Gasteiger partial charge >= 0.3 is 0 Å². The van der Waals surface area contributed by atoms with Crippen LogP contribution in [0.4, 0.5) is 0 Å². The van der Waals surface area contributed by atoms with Crippen LogP contribution in [0.15, 0.2) is 18.3 Å². The number of nitrogens with zero attached hydrogens (tertiary/aromatic N) is 3. The lowest BCUT2D eigenvalue weighted by Gasteiger charge is -2.32. The Balaban J connectivity index is 2.06. The number of carbonyl (C=O) groups is 2. The van der Waals surface area contributed by atoms with E-state index in [0.29, 0.717) is 17.8 Å². The molecule has 0 atom stereocenters. The molecule has 1 N–H and O–H groups in total. The van der Waals surface area contributed by atoms with Gasteiger partial charge in [0.05, 0.1) is 0 Å². The van der Waals surface area contributed by atoms with Crippen LogP contribution in [0.5, 0.6) is 0 Å². The number of nitrogens with one attached hydrogen (secondary N) is 1. The Morgan fingerprint density at radius 2 is 2.00 bits per heavy atom. The number of pyridine rings is 1. The predicted octanol–water partition coefficient (Wildman–Crippen LogP) is 0.609. The summed E-state index contributed by atoms with van der Waals surface area (Å²) in [5.41, 5.74) is 0.819. The Hall–Kier alpha value is -1.95. The fourth-order valence-electron chi connectivity index (χ4n) is 2.21. The number of hydrogen-bond donors (Lipinski definition) is 1. The highest BCUT2D eigenvalue weighted by atomic mass is 16.2. The molecular weight excluding hydrogens is 268 g/mol. The number of amides is 2. The van der Waals surface area contributed by atoms with Gasteiger partial charge in [0.25, 0.3) is 11.8 Å². The summed E-state index contributed by atoms with van der Waals surface area (Å²) in [5.74, 6) is -0.264. The molecule has 114 valence electrons. The second-order valence-corrected chi connectivity index (χ2v) is 5.28. The van der Waals surface area contributed by atoms with E-state index in [0.717, 1.165) is 32.6 Å². The van der Waals surface area contributed by atoms with E-state index in [2.05, 4.69) is 15.2 Å². The number of piperazine rings is 1. The highest BCUT2D eigenvalue weighted by Gasteiger charge is 2.21. The molecule has 0 aliphatic carbocycles. The van der Waals surface area contributed by atoms with Crippen molar-refractivity contribution in [3.63, 3.8) is 0 Å². The van der Waals surface area contributed by atoms with Crippen molar-refractivity contribution in [2.45, 2.75) is 13.3 Å². The van der Waals surface area contributed by atoms with Gasteiger partial charge in [-0.3, -0.25) is 14.6 Å². The summed E-state index contributed by atoms with van der Waals surface area (Å²) >= 11 is 0. The summed E-state index contributed by atoms with van der Waals surface area (Å²) in [7, 11) is 2.05. The van der Waals surface area contributed by atoms with Gasteiger partial charge < -0.3 is 15.1 Å². The average molecular weight is 290 g/mol. The van der Waals surface area contributed by atoms with Crippen LogP contribution >= 0.6 is 0 Å². The summed E-state index contributed by atoms with van der Waals surface area (Å²) in [5, 5.41) is 2.77. The number of rotatable bonds is 4. The molecule has 0 spiro atoms. The van der Waals surface area contributed by atoms with Crippen LogP contribution in [0.3, 0.4) is 0 Å². The predicted molar refractivity (Wildman–Crippen MR) is 80.3 cm³/mol. The Bertz CT molecular complexity index is 510. The van der Waals surface area contributed by atoms with Crippen LogP contribution in [0.2, 0.25) is 0 Å². The molecule has 2 heterocycles. The monoisotopic (exact) mass is 290 g/mol. The van der Waals surface area contributed by atoms with Crippen molar-refractivity contribution < 1.29 is 9.59 Å². The summed E-state index contributed by atoms with van der Waals surface area (Å²) in [6, 6.07) is 3.24. The first kappa shape index (κ1) is 15.4. The molecule has 0 aromatic carbocycles. The van der Waals surface area contributed by atoms with Crippen LogP contribution < -0.4 is 5.32 Å². The van der Waals surface area contributed by atoms with E-state index in [-0.39, 0.29) is 11.8 Å². The highest BCUT2D eigenvalue weighted by molar-refractivity contribution is 5.98. The first-order chi connectivity index (χ1) is 10.1. The van der Waals surface area contributed by atoms with Crippen LogP contribution in [0.25, 0.3) is 0 Å². The lowest BCUT2D eigenvalue weighted by Crippen LogP contribution is -2.47. The molecule has 2 rings (SSSR count). The second-order valence-electron chi connectivity index (χ2n) is 5.28. The zero-order chi connectivity index (χ0) is 15.2. The maximum atomic E-state index is 12.4. The maximum Gasteiger partial charge on any atom is 0.269 e. The van der Waals surface area contributed by atoms with Gasteiger partial charge in [-0.25, -0.2) is 0 Å². The topological polar surface area (TPSA) is 65.5 Å². The Morgan fingerprint density at radius 1 is 1.29 bits per heavy atom. The standard InChI is InChI=1S/C15H22N4O2/c1-3-5-17-14(20)13-11-12(4-6-16-13)15(21)19-9-7-18(2)8-10-19/h4,6,11H,3,5,7-10H2,1-2H3,(H,17,20). The third-order valence-electron chi connectivity index (χ3n) is 3.57. The van der Waals surface area contributed by atoms with Crippen molar-refractivity contribution in [3.8, 4) is 0 Å². The normalized spacial score (nSPS) is 15.8. The van der Waals surface area contributed by atoms with Crippen LogP contribution in [0.1, 0.15) is 34.2 Å². The molecule has 1 fully saturated rings. The van der Waals surface area contributed by atoms with E-state index in [1.165, 1.54) is 6.20 Å². The minimum absolute atomic E-state index is 0.0324. The number of hydrogen-bond acceptors (Lipinski definition) is 4. The highest BCUT2D eigenvalue weighted by Crippen LogP contribution is 2.09. The molecule has 0 bridgehead atoms. The van der Waals surface area contributed by atoms with Crippen molar-refractivity contribution in [1.82, 2.24) is 20.1 Å². The lowest BCUT2D eigenvalue weighted by molar-refractivity contribution is 0.0664. The van der Waals surface area contributed by atoms with Crippen molar-refractivity contribution in [2.24, 2.45) is 0 Å². The molecule has 1 saturated heterocycles. The second kappa shape index (κ2) is 7.17. The molecule has 0 unspecified atom stereocenters. The van der Waals surface area contributed by atoms with Gasteiger partial charge in [-0.05, 0) is 25.6 Å². The van der Waals surface area contributed by atoms with E-state index < -0.39 is 0 Å². The van der Waals surface area contributed by atoms with E-state index in [9.17, 15) is 9.59 Å². The number of carbonyl (C=O) groups excluding carboxylic acids is 2. The summed E-state index contributed by atoms with van der Waals surface area (Å²) in [6.45, 7) is 5.78. The van der Waals surface area contributed by atoms with Crippen molar-refractivity contribution in [2.75, 3.05) is 39.8 Å². The average Bonchev–Trinajstić information content (AvgIpc) is 2.52. The van der Waals surface area contributed by atoms with Crippen molar-refractivity contribution >= 4 is 11.8 Å². The van der Waals surface area contributed by atoms with E-state index in [4.69, 9.17) is 0 Å². The molecule has 0 saturated carbocycles. The first-order valence-corrected chi connectivity index (χ1v) is 7.34. The zero-order valence-electron chi connectivity index (χ0n) is 12.6. The van der Waals surface area contributed by atoms with Gasteiger partial charge in [-0.15, -0.1) is 0 Å². The SMILES string of the molecule is CCCNC(=O)c1cc(C(=O)N2CCN(C)CC2)ccn1. The molecule has 1 aliphatic rings. The number of likely N-dealkylation sites (N-methyl/N-ethyl adjacent to an activating group) is 1. The van der Waals surface area contributed by atoms with E-state index in [1.807, 2.05) is 18.9 Å². The largest absolute Gasteiger partial charge is 0.351 e. The van der Waals surface area contributed by atoms with Gasteiger partial charge in [-0.2, -0.15) is 0 Å². The lowest BCUT2D eigenvalue weighted by atomic mass is 10.1. The third-order valence-corrected chi connectivity index (χ3v) is 3.57.